The van der Waals surface area contributed by atoms with E-state index in [-0.39, 0.29) is 13.2 Å². The molecule has 8 heteroatoms. The van der Waals surface area contributed by atoms with Crippen LogP contribution in [0.15, 0.2) is 58.9 Å². The highest BCUT2D eigenvalue weighted by Crippen LogP contribution is 2.23. The van der Waals surface area contributed by atoms with Crippen LogP contribution in [0.3, 0.4) is 0 Å². The van der Waals surface area contributed by atoms with E-state index >= 15 is 0 Å². The second-order valence-electron chi connectivity index (χ2n) is 7.81. The third-order valence-electron chi connectivity index (χ3n) is 4.90. The zero-order valence-electron chi connectivity index (χ0n) is 19.6. The minimum Gasteiger partial charge on any atom is -0.392 e. The van der Waals surface area contributed by atoms with Crippen LogP contribution in [-0.4, -0.2) is 40.2 Å². The lowest BCUT2D eigenvalue weighted by Gasteiger charge is -2.29. The largest absolute Gasteiger partial charge is 0.392 e. The number of aromatic nitrogens is 2. The molecule has 0 amide bonds. The molecule has 2 N–H and O–H groups in total. The minimum absolute atomic E-state index is 0.0585. The molecule has 0 unspecified atom stereocenters. The van der Waals surface area contributed by atoms with Crippen LogP contribution in [0.5, 0.6) is 0 Å². The summed E-state index contributed by atoms with van der Waals surface area (Å²) in [5.74, 6) is 5.68. The fraction of sp³-hybridized carbons (Fsp3) is 0.417. The summed E-state index contributed by atoms with van der Waals surface area (Å²) in [7, 11) is 0. The molecule has 2 aromatic heterocycles. The van der Waals surface area contributed by atoms with E-state index in [0.717, 1.165) is 34.8 Å². The Morgan fingerprint density at radius 2 is 1.41 bits per heavy atom. The molecule has 2 rings (SSSR count). The van der Waals surface area contributed by atoms with Crippen LogP contribution in [0.1, 0.15) is 56.4 Å². The van der Waals surface area contributed by atoms with Crippen molar-refractivity contribution in [2.24, 2.45) is 16.2 Å². The van der Waals surface area contributed by atoms with E-state index in [1.807, 2.05) is 71.0 Å². The second-order valence-corrected chi connectivity index (χ2v) is 7.81. The molecule has 2 aromatic rings. The highest BCUT2D eigenvalue weighted by Gasteiger charge is 2.35. The zero-order chi connectivity index (χ0) is 23.6. The zero-order valence-corrected chi connectivity index (χ0v) is 19.6. The molecule has 0 bridgehead atoms. The Labute approximate surface area is 190 Å². The number of rotatable bonds is 12. The molecule has 0 fully saturated rings. The summed E-state index contributed by atoms with van der Waals surface area (Å²) in [4.78, 5) is 25.5. The fourth-order valence-electron chi connectivity index (χ4n) is 2.91. The van der Waals surface area contributed by atoms with Crippen LogP contribution in [0.4, 0.5) is 0 Å². The van der Waals surface area contributed by atoms with Crippen molar-refractivity contribution in [1.29, 1.82) is 0 Å². The molecule has 0 radical (unpaired) electrons. The van der Waals surface area contributed by atoms with Gasteiger partial charge in [-0.1, -0.05) is 41.5 Å². The summed E-state index contributed by atoms with van der Waals surface area (Å²) in [5.41, 5.74) is 4.53. The van der Waals surface area contributed by atoms with E-state index in [1.54, 1.807) is 0 Å². The summed E-state index contributed by atoms with van der Waals surface area (Å²) >= 11 is 0. The molecule has 0 saturated carbocycles. The Hall–Kier alpha value is -3.10. The number of hydrogen-bond donors (Lipinski definition) is 1. The molecule has 0 aliphatic rings. The molecule has 0 saturated heterocycles. The minimum atomic E-state index is -0.999. The summed E-state index contributed by atoms with van der Waals surface area (Å²) in [5, 5.41) is 8.38. The molecular weight excluding hydrogens is 406 g/mol. The quantitative estimate of drug-likeness (QED) is 0.301. The van der Waals surface area contributed by atoms with Crippen molar-refractivity contribution < 1.29 is 14.5 Å². The Kier molecular flexibility index (Phi) is 9.49. The van der Waals surface area contributed by atoms with Crippen LogP contribution in [0, 0.1) is 13.8 Å². The van der Waals surface area contributed by atoms with Gasteiger partial charge in [-0.3, -0.25) is 14.8 Å². The predicted molar refractivity (Wildman–Crippen MR) is 126 cm³/mol. The van der Waals surface area contributed by atoms with E-state index in [2.05, 4.69) is 26.9 Å². The van der Waals surface area contributed by atoms with Gasteiger partial charge in [0.05, 0.1) is 11.4 Å². The van der Waals surface area contributed by atoms with Crippen molar-refractivity contribution in [1.82, 2.24) is 9.97 Å². The molecule has 0 aromatic carbocycles. The molecule has 0 aliphatic heterocycles. The van der Waals surface area contributed by atoms with Crippen LogP contribution in [-0.2, 0) is 14.5 Å². The van der Waals surface area contributed by atoms with Crippen molar-refractivity contribution in [2.75, 3.05) is 13.2 Å². The number of aryl methyl sites for hydroxylation is 2. The van der Waals surface area contributed by atoms with Crippen LogP contribution in [0.2, 0.25) is 0 Å². The van der Waals surface area contributed by atoms with Crippen molar-refractivity contribution in [2.45, 2.75) is 53.1 Å². The molecule has 8 nitrogen and oxygen atoms in total. The highest BCUT2D eigenvalue weighted by molar-refractivity contribution is 5.96. The number of nitrogens with zero attached hydrogens (tertiary/aromatic N) is 4. The second kappa shape index (κ2) is 12.1. The Morgan fingerprint density at radius 3 is 1.78 bits per heavy atom. The number of oxime groups is 2. The van der Waals surface area contributed by atoms with Crippen molar-refractivity contribution >= 4 is 11.4 Å². The third kappa shape index (κ3) is 7.55. The number of pyridine rings is 2. The first-order chi connectivity index (χ1) is 15.3. The lowest BCUT2D eigenvalue weighted by atomic mass is 9.95. The smallest absolute Gasteiger partial charge is 0.166 e. The van der Waals surface area contributed by atoms with Gasteiger partial charge in [-0.2, -0.15) is 0 Å². The summed E-state index contributed by atoms with van der Waals surface area (Å²) in [6, 6.07) is 11.4. The van der Waals surface area contributed by atoms with Gasteiger partial charge in [-0.05, 0) is 58.4 Å². The monoisotopic (exact) mass is 439 g/mol. The summed E-state index contributed by atoms with van der Waals surface area (Å²) in [6.45, 7) is 13.7. The molecule has 32 heavy (non-hydrogen) atoms. The molecule has 2 heterocycles. The van der Waals surface area contributed by atoms with Crippen molar-refractivity contribution in [3.8, 4) is 0 Å². The third-order valence-corrected chi connectivity index (χ3v) is 4.90. The molecule has 0 aliphatic carbocycles. The fourth-order valence-corrected chi connectivity index (χ4v) is 2.91. The van der Waals surface area contributed by atoms with E-state index in [1.165, 1.54) is 0 Å². The number of hydrogen-bond acceptors (Lipinski definition) is 8. The maximum Gasteiger partial charge on any atom is 0.166 e. The standard InChI is InChI=1S/C24H33N5O3/c1-7-17(2)14-24(32-25,15-30-28-20(5)22-12-8-10-18(3)26-22)16-31-29-21(6)23-13-9-11-19(4)27-23/h8-13H,2,7,14-16,25H2,1,3-6H3/b28-20+,29-21+. The summed E-state index contributed by atoms with van der Waals surface area (Å²) in [6.07, 6.45) is 1.21. The SMILES string of the molecule is C=C(CC)CC(CO/N=C(\C)c1cccc(C)n1)(CO/N=C(\C)c1cccc(C)n1)ON. The first-order valence-electron chi connectivity index (χ1n) is 10.5. The van der Waals surface area contributed by atoms with E-state index < -0.39 is 5.60 Å². The van der Waals surface area contributed by atoms with Crippen molar-refractivity contribution in [3.63, 3.8) is 0 Å². The van der Waals surface area contributed by atoms with Gasteiger partial charge < -0.3 is 9.68 Å². The normalized spacial score (nSPS) is 12.6. The van der Waals surface area contributed by atoms with E-state index in [4.69, 9.17) is 20.4 Å². The van der Waals surface area contributed by atoms with Crippen LogP contribution >= 0.6 is 0 Å². The van der Waals surface area contributed by atoms with Crippen molar-refractivity contribution in [3.05, 3.63) is 71.3 Å². The van der Waals surface area contributed by atoms with Gasteiger partial charge in [-0.25, -0.2) is 5.90 Å². The van der Waals surface area contributed by atoms with Gasteiger partial charge in [0.25, 0.3) is 0 Å². The van der Waals surface area contributed by atoms with Gasteiger partial charge in [0.15, 0.2) is 18.8 Å². The average Bonchev–Trinajstić information content (AvgIpc) is 2.78. The maximum atomic E-state index is 5.68. The predicted octanol–water partition coefficient (Wildman–Crippen LogP) is 4.26. The molecule has 172 valence electrons. The van der Waals surface area contributed by atoms with Gasteiger partial charge in [0.2, 0.25) is 0 Å². The molecule has 0 spiro atoms. The lowest BCUT2D eigenvalue weighted by molar-refractivity contribution is -0.138. The number of nitrogens with two attached hydrogens (primary N) is 1. The molecular formula is C24H33N5O3. The Balaban J connectivity index is 2.11. The Bertz CT molecular complexity index is 906. The lowest BCUT2D eigenvalue weighted by Crippen LogP contribution is -2.44. The highest BCUT2D eigenvalue weighted by atomic mass is 16.7. The van der Waals surface area contributed by atoms with Gasteiger partial charge in [-0.15, -0.1) is 0 Å². The van der Waals surface area contributed by atoms with E-state index in [0.29, 0.717) is 17.8 Å². The molecule has 0 atom stereocenters. The maximum absolute atomic E-state index is 5.68. The first-order valence-corrected chi connectivity index (χ1v) is 10.5. The van der Waals surface area contributed by atoms with Crippen LogP contribution in [0.25, 0.3) is 0 Å². The first kappa shape index (κ1) is 25.2. The van der Waals surface area contributed by atoms with Gasteiger partial charge >= 0.3 is 0 Å². The Morgan fingerprint density at radius 1 is 0.938 bits per heavy atom. The average molecular weight is 440 g/mol. The van der Waals surface area contributed by atoms with Gasteiger partial charge in [0, 0.05) is 17.8 Å². The van der Waals surface area contributed by atoms with Crippen LogP contribution < -0.4 is 5.90 Å². The summed E-state index contributed by atoms with van der Waals surface area (Å²) < 4.78 is 0. The topological polar surface area (TPSA) is 104 Å². The van der Waals surface area contributed by atoms with E-state index in [9.17, 15) is 0 Å². The van der Waals surface area contributed by atoms with Gasteiger partial charge in [0.1, 0.15) is 11.4 Å².